The van der Waals surface area contributed by atoms with Gasteiger partial charge in [0.25, 0.3) is 0 Å². The second-order valence-corrected chi connectivity index (χ2v) is 10.2. The number of benzene rings is 3. The van der Waals surface area contributed by atoms with E-state index in [2.05, 4.69) is 51.9 Å². The zero-order valence-electron chi connectivity index (χ0n) is 19.1. The molecule has 7 nitrogen and oxygen atoms in total. The maximum Gasteiger partial charge on any atom is 0.325 e. The molecule has 0 radical (unpaired) electrons. The van der Waals surface area contributed by atoms with Crippen molar-refractivity contribution in [3.8, 4) is 11.4 Å². The molecule has 3 N–H and O–H groups in total. The van der Waals surface area contributed by atoms with Crippen molar-refractivity contribution in [3.63, 3.8) is 0 Å². The van der Waals surface area contributed by atoms with E-state index < -0.39 is 7.60 Å². The summed E-state index contributed by atoms with van der Waals surface area (Å²) in [6, 6.07) is 22.6. The van der Waals surface area contributed by atoms with Crippen LogP contribution in [0.1, 0.15) is 36.3 Å². The van der Waals surface area contributed by atoms with E-state index in [9.17, 15) is 4.57 Å². The third kappa shape index (κ3) is 6.84. The molecule has 1 aromatic heterocycles. The molecule has 4 rings (SSSR count). The van der Waals surface area contributed by atoms with E-state index in [4.69, 9.17) is 14.3 Å². The second-order valence-electron chi connectivity index (χ2n) is 8.44. The van der Waals surface area contributed by atoms with Crippen LogP contribution in [0.3, 0.4) is 0 Å². The summed E-state index contributed by atoms with van der Waals surface area (Å²) in [6.07, 6.45) is 4.18. The second kappa shape index (κ2) is 11.5. The minimum atomic E-state index is -3.94. The van der Waals surface area contributed by atoms with E-state index in [1.54, 1.807) is 0 Å². The van der Waals surface area contributed by atoms with Gasteiger partial charge in [-0.3, -0.25) is 4.57 Å². The first kappa shape index (κ1) is 24.3. The Morgan fingerprint density at radius 1 is 0.853 bits per heavy atom. The van der Waals surface area contributed by atoms with Crippen molar-refractivity contribution in [2.75, 3.05) is 12.7 Å². The van der Waals surface area contributed by atoms with Crippen LogP contribution >= 0.6 is 7.60 Å². The van der Waals surface area contributed by atoms with Crippen LogP contribution in [0.15, 0.2) is 71.3 Å². The van der Waals surface area contributed by atoms with Crippen LogP contribution in [-0.4, -0.2) is 32.6 Å². The van der Waals surface area contributed by atoms with E-state index in [1.165, 1.54) is 5.56 Å². The highest BCUT2D eigenvalue weighted by molar-refractivity contribution is 7.51. The van der Waals surface area contributed by atoms with Crippen molar-refractivity contribution >= 4 is 18.4 Å². The lowest BCUT2D eigenvalue weighted by molar-refractivity contribution is 0.371. The lowest BCUT2D eigenvalue weighted by atomic mass is 9.99. The minimum absolute atomic E-state index is 0.105. The van der Waals surface area contributed by atoms with Gasteiger partial charge in [0, 0.05) is 18.5 Å². The van der Waals surface area contributed by atoms with Crippen LogP contribution in [0.2, 0.25) is 0 Å². The van der Waals surface area contributed by atoms with Gasteiger partial charge in [-0.1, -0.05) is 71.9 Å². The first-order valence-corrected chi connectivity index (χ1v) is 13.4. The number of hydrogen-bond donors (Lipinski definition) is 3. The predicted octanol–water partition coefficient (Wildman–Crippen LogP) is 5.11. The van der Waals surface area contributed by atoms with Gasteiger partial charge in [0.2, 0.25) is 11.7 Å². The van der Waals surface area contributed by atoms with Gasteiger partial charge in [-0.2, -0.15) is 4.98 Å². The van der Waals surface area contributed by atoms with Gasteiger partial charge >= 0.3 is 7.60 Å². The molecule has 0 spiro atoms. The Balaban J connectivity index is 1.38. The van der Waals surface area contributed by atoms with Gasteiger partial charge < -0.3 is 19.6 Å². The molecule has 0 bridgehead atoms. The molecule has 0 atom stereocenters. The van der Waals surface area contributed by atoms with E-state index in [0.717, 1.165) is 47.6 Å². The number of aryl methyl sites for hydroxylation is 2. The third-order valence-corrected chi connectivity index (χ3v) is 6.69. The van der Waals surface area contributed by atoms with Crippen molar-refractivity contribution in [3.05, 3.63) is 83.7 Å². The lowest BCUT2D eigenvalue weighted by Crippen LogP contribution is -2.16. The maximum absolute atomic E-state index is 11.0. The minimum Gasteiger partial charge on any atom is -0.339 e. The highest BCUT2D eigenvalue weighted by Crippen LogP contribution is 2.34. The molecule has 1 heterocycles. The van der Waals surface area contributed by atoms with E-state index >= 15 is 0 Å². The molecule has 0 aliphatic carbocycles. The predicted molar refractivity (Wildman–Crippen MR) is 134 cm³/mol. The Hall–Kier alpha value is -2.83. The zero-order valence-corrected chi connectivity index (χ0v) is 20.0. The summed E-state index contributed by atoms with van der Waals surface area (Å²) < 4.78 is 16.5. The molecule has 0 aliphatic heterocycles. The van der Waals surface area contributed by atoms with Gasteiger partial charge in [-0.05, 0) is 54.1 Å². The number of hydrogen-bond acceptors (Lipinski definition) is 5. The average Bonchev–Trinajstić information content (AvgIpc) is 3.30. The fraction of sp³-hybridized carbons (Fsp3) is 0.308. The van der Waals surface area contributed by atoms with Crippen molar-refractivity contribution < 1.29 is 18.9 Å². The quantitative estimate of drug-likeness (QED) is 0.191. The summed E-state index contributed by atoms with van der Waals surface area (Å²) in [6.45, 7) is 1.15. The molecule has 0 aliphatic rings. The maximum atomic E-state index is 11.0. The molecular weight excluding hydrogens is 449 g/mol. The zero-order chi connectivity index (χ0) is 23.8. The number of nitrogens with one attached hydrogen (secondary N) is 1. The number of nitrogens with zero attached hydrogens (tertiary/aromatic N) is 2. The average molecular weight is 480 g/mol. The van der Waals surface area contributed by atoms with Crippen LogP contribution in [-0.2, 0) is 24.0 Å². The third-order valence-electron chi connectivity index (χ3n) is 5.79. The summed E-state index contributed by atoms with van der Waals surface area (Å²) in [5, 5.41) is 9.66. The molecule has 0 unspecified atom stereocenters. The molecule has 4 aromatic rings. The highest BCUT2D eigenvalue weighted by atomic mass is 31.2. The van der Waals surface area contributed by atoms with Gasteiger partial charge in [0.15, 0.2) is 0 Å². The van der Waals surface area contributed by atoms with Gasteiger partial charge in [-0.15, -0.1) is 0 Å². The van der Waals surface area contributed by atoms with Gasteiger partial charge in [-0.25, -0.2) is 0 Å². The van der Waals surface area contributed by atoms with Crippen molar-refractivity contribution in [2.45, 2.75) is 38.6 Å². The van der Waals surface area contributed by atoms with Crippen molar-refractivity contribution in [1.82, 2.24) is 15.5 Å². The number of rotatable bonds is 12. The first-order valence-electron chi connectivity index (χ1n) is 11.6. The Labute approximate surface area is 199 Å². The highest BCUT2D eigenvalue weighted by Gasteiger charge is 2.14. The summed E-state index contributed by atoms with van der Waals surface area (Å²) in [4.78, 5) is 22.6. The van der Waals surface area contributed by atoms with E-state index in [1.807, 2.05) is 30.3 Å². The fourth-order valence-corrected chi connectivity index (χ4v) is 4.63. The topological polar surface area (TPSA) is 108 Å². The first-order chi connectivity index (χ1) is 16.5. The van der Waals surface area contributed by atoms with Crippen LogP contribution in [0.25, 0.3) is 22.2 Å². The van der Waals surface area contributed by atoms with E-state index in [0.29, 0.717) is 31.2 Å². The SMILES string of the molecule is O=P(O)(O)CCCNCc1ccc(-c2noc(CCCCc3ccccc3)n2)c2ccccc12. The summed E-state index contributed by atoms with van der Waals surface area (Å²) >= 11 is 0. The lowest BCUT2D eigenvalue weighted by Gasteiger charge is -2.11. The molecule has 0 amide bonds. The number of fused-ring (bicyclic) bond motifs is 1. The normalized spacial score (nSPS) is 11.8. The van der Waals surface area contributed by atoms with Crippen LogP contribution in [0.4, 0.5) is 0 Å². The smallest absolute Gasteiger partial charge is 0.325 e. The van der Waals surface area contributed by atoms with Crippen molar-refractivity contribution in [2.24, 2.45) is 0 Å². The number of unbranched alkanes of at least 4 members (excludes halogenated alkanes) is 1. The summed E-state index contributed by atoms with van der Waals surface area (Å²) in [5.74, 6) is 1.25. The van der Waals surface area contributed by atoms with Crippen LogP contribution in [0.5, 0.6) is 0 Å². The molecule has 0 saturated heterocycles. The van der Waals surface area contributed by atoms with Crippen molar-refractivity contribution in [1.29, 1.82) is 0 Å². The van der Waals surface area contributed by atoms with Gasteiger partial charge in [0.05, 0.1) is 6.16 Å². The summed E-state index contributed by atoms with van der Waals surface area (Å²) in [7, 11) is -3.94. The largest absolute Gasteiger partial charge is 0.339 e. The molecule has 178 valence electrons. The Morgan fingerprint density at radius 3 is 2.38 bits per heavy atom. The molecule has 3 aromatic carbocycles. The molecular formula is C26H30N3O4P. The monoisotopic (exact) mass is 479 g/mol. The Bertz CT molecular complexity index is 1250. The molecule has 8 heteroatoms. The molecule has 0 fully saturated rings. The summed E-state index contributed by atoms with van der Waals surface area (Å²) in [5.41, 5.74) is 3.39. The Kier molecular flexibility index (Phi) is 8.25. The molecule has 0 saturated carbocycles. The fourth-order valence-electron chi connectivity index (χ4n) is 4.06. The van der Waals surface area contributed by atoms with Gasteiger partial charge in [0.1, 0.15) is 0 Å². The molecule has 34 heavy (non-hydrogen) atoms. The van der Waals surface area contributed by atoms with Crippen LogP contribution in [0, 0.1) is 0 Å². The van der Waals surface area contributed by atoms with E-state index in [-0.39, 0.29) is 6.16 Å². The Morgan fingerprint density at radius 2 is 1.59 bits per heavy atom. The van der Waals surface area contributed by atoms with Crippen LogP contribution < -0.4 is 5.32 Å². The number of aromatic nitrogens is 2. The standard InChI is InChI=1S/C26H30N3O4P/c30-34(31,32)18-8-17-27-19-21-15-16-24(23-13-6-5-12-22(21)23)26-28-25(33-29-26)14-7-4-11-20-9-2-1-3-10-20/h1-3,5-6,9-10,12-13,15-16,27H,4,7-8,11,14,17-19H2,(H2,30,31,32).